The monoisotopic (exact) mass is 260 g/mol. The lowest BCUT2D eigenvalue weighted by Crippen LogP contribution is -2.42. The topological polar surface area (TPSA) is 38.0 Å². The first-order valence-corrected chi connectivity index (χ1v) is 7.72. The minimum Gasteiger partial charge on any atom is -0.271 e. The lowest BCUT2D eigenvalue weighted by Gasteiger charge is -2.26. The van der Waals surface area contributed by atoms with E-state index < -0.39 is 0 Å². The van der Waals surface area contributed by atoms with Crippen molar-refractivity contribution < 1.29 is 0 Å². The molecule has 3 N–H and O–H groups in total. The second kappa shape index (κ2) is 7.06. The van der Waals surface area contributed by atoms with Crippen molar-refractivity contribution in [2.45, 2.75) is 64.8 Å². The van der Waals surface area contributed by atoms with E-state index in [2.05, 4.69) is 37.5 Å². The average Bonchev–Trinajstić information content (AvgIpc) is 2.63. The van der Waals surface area contributed by atoms with Crippen molar-refractivity contribution in [1.29, 1.82) is 0 Å². The van der Waals surface area contributed by atoms with Crippen LogP contribution in [0.4, 0.5) is 0 Å². The van der Waals surface area contributed by atoms with Crippen molar-refractivity contribution in [2.24, 2.45) is 11.8 Å². The molecule has 1 aliphatic rings. The molecule has 1 fully saturated rings. The Morgan fingerprint density at radius 3 is 2.16 bits per heavy atom. The van der Waals surface area contributed by atoms with Crippen LogP contribution in [0.1, 0.15) is 55.2 Å². The van der Waals surface area contributed by atoms with Gasteiger partial charge in [-0.25, -0.2) is 0 Å². The normalized spacial score (nSPS) is 19.1. The average molecular weight is 260 g/mol. The molecule has 1 aromatic carbocycles. The molecule has 1 aliphatic carbocycles. The van der Waals surface area contributed by atoms with Crippen molar-refractivity contribution in [3.63, 3.8) is 0 Å². The van der Waals surface area contributed by atoms with Crippen LogP contribution in [0, 0.1) is 19.8 Å². The van der Waals surface area contributed by atoms with Gasteiger partial charge < -0.3 is 0 Å². The van der Waals surface area contributed by atoms with Crippen LogP contribution < -0.4 is 11.3 Å². The number of hydrazine groups is 1. The number of benzene rings is 1. The van der Waals surface area contributed by atoms with Gasteiger partial charge in [-0.3, -0.25) is 11.3 Å². The third kappa shape index (κ3) is 4.32. The Balaban J connectivity index is 2.04. The van der Waals surface area contributed by atoms with E-state index in [9.17, 15) is 0 Å². The molecular formula is C17H28N2. The fourth-order valence-electron chi connectivity index (χ4n) is 3.52. The molecule has 1 unspecified atom stereocenters. The minimum absolute atomic E-state index is 0.430. The number of aryl methyl sites for hydroxylation is 2. The number of rotatable bonds is 4. The van der Waals surface area contributed by atoms with Crippen molar-refractivity contribution in [2.75, 3.05) is 0 Å². The summed E-state index contributed by atoms with van der Waals surface area (Å²) in [6.45, 7) is 4.35. The van der Waals surface area contributed by atoms with Crippen LogP contribution in [-0.2, 0) is 6.42 Å². The van der Waals surface area contributed by atoms with E-state index >= 15 is 0 Å². The van der Waals surface area contributed by atoms with Gasteiger partial charge in [-0.05, 0) is 44.6 Å². The SMILES string of the molecule is Cc1cc(C)cc(CC(NN)C2CCCCCC2)c1. The van der Waals surface area contributed by atoms with Gasteiger partial charge in [-0.2, -0.15) is 0 Å². The smallest absolute Gasteiger partial charge is 0.0279 e. The second-order valence-electron chi connectivity index (χ2n) is 6.22. The van der Waals surface area contributed by atoms with Crippen LogP contribution in [0.15, 0.2) is 18.2 Å². The van der Waals surface area contributed by atoms with E-state index in [4.69, 9.17) is 5.84 Å². The van der Waals surface area contributed by atoms with Gasteiger partial charge in [0.05, 0.1) is 0 Å². The van der Waals surface area contributed by atoms with Crippen LogP contribution >= 0.6 is 0 Å². The van der Waals surface area contributed by atoms with Crippen LogP contribution in [0.2, 0.25) is 0 Å². The summed E-state index contributed by atoms with van der Waals surface area (Å²) in [5.41, 5.74) is 7.21. The number of hydrogen-bond acceptors (Lipinski definition) is 2. The molecule has 19 heavy (non-hydrogen) atoms. The van der Waals surface area contributed by atoms with Gasteiger partial charge >= 0.3 is 0 Å². The summed E-state index contributed by atoms with van der Waals surface area (Å²) in [6, 6.07) is 7.27. The third-order valence-corrected chi connectivity index (χ3v) is 4.42. The molecule has 0 aliphatic heterocycles. The highest BCUT2D eigenvalue weighted by molar-refractivity contribution is 5.29. The molecule has 106 valence electrons. The summed E-state index contributed by atoms with van der Waals surface area (Å²) < 4.78 is 0. The fourth-order valence-corrected chi connectivity index (χ4v) is 3.52. The van der Waals surface area contributed by atoms with E-state index in [0.29, 0.717) is 6.04 Å². The van der Waals surface area contributed by atoms with E-state index in [1.807, 2.05) is 0 Å². The zero-order valence-electron chi connectivity index (χ0n) is 12.4. The Morgan fingerprint density at radius 2 is 1.63 bits per heavy atom. The Kier molecular flexibility index (Phi) is 5.41. The molecular weight excluding hydrogens is 232 g/mol. The van der Waals surface area contributed by atoms with Gasteiger partial charge in [0.1, 0.15) is 0 Å². The van der Waals surface area contributed by atoms with Crippen molar-refractivity contribution >= 4 is 0 Å². The second-order valence-corrected chi connectivity index (χ2v) is 6.22. The first-order valence-electron chi connectivity index (χ1n) is 7.72. The summed E-state index contributed by atoms with van der Waals surface area (Å²) in [7, 11) is 0. The van der Waals surface area contributed by atoms with Gasteiger partial charge in [-0.1, -0.05) is 55.0 Å². The van der Waals surface area contributed by atoms with Crippen LogP contribution in [-0.4, -0.2) is 6.04 Å². The van der Waals surface area contributed by atoms with Crippen LogP contribution in [0.5, 0.6) is 0 Å². The Hall–Kier alpha value is -0.860. The molecule has 0 spiro atoms. The zero-order chi connectivity index (χ0) is 13.7. The van der Waals surface area contributed by atoms with Gasteiger partial charge in [0, 0.05) is 6.04 Å². The summed E-state index contributed by atoms with van der Waals surface area (Å²) in [5, 5.41) is 0. The Bertz CT molecular complexity index is 372. The van der Waals surface area contributed by atoms with Gasteiger partial charge in [0.15, 0.2) is 0 Å². The predicted octanol–water partition coefficient (Wildman–Crippen LogP) is 3.65. The molecule has 0 amide bonds. The maximum atomic E-state index is 5.83. The van der Waals surface area contributed by atoms with Gasteiger partial charge in [-0.15, -0.1) is 0 Å². The quantitative estimate of drug-likeness (QED) is 0.493. The third-order valence-electron chi connectivity index (χ3n) is 4.42. The molecule has 2 nitrogen and oxygen atoms in total. The summed E-state index contributed by atoms with van der Waals surface area (Å²) in [6.07, 6.45) is 9.27. The summed E-state index contributed by atoms with van der Waals surface area (Å²) >= 11 is 0. The lowest BCUT2D eigenvalue weighted by molar-refractivity contribution is 0.320. The van der Waals surface area contributed by atoms with Crippen LogP contribution in [0.25, 0.3) is 0 Å². The van der Waals surface area contributed by atoms with Crippen LogP contribution in [0.3, 0.4) is 0 Å². The lowest BCUT2D eigenvalue weighted by atomic mass is 9.87. The zero-order valence-corrected chi connectivity index (χ0v) is 12.4. The number of nitrogens with one attached hydrogen (secondary N) is 1. The van der Waals surface area contributed by atoms with E-state index in [-0.39, 0.29) is 0 Å². The maximum absolute atomic E-state index is 5.83. The number of nitrogens with two attached hydrogens (primary N) is 1. The van der Waals surface area contributed by atoms with Gasteiger partial charge in [0.25, 0.3) is 0 Å². The number of hydrogen-bond donors (Lipinski definition) is 2. The highest BCUT2D eigenvalue weighted by Gasteiger charge is 2.22. The molecule has 0 saturated heterocycles. The first kappa shape index (κ1) is 14.5. The molecule has 0 aromatic heterocycles. The largest absolute Gasteiger partial charge is 0.271 e. The van der Waals surface area contributed by atoms with Gasteiger partial charge in [0.2, 0.25) is 0 Å². The minimum atomic E-state index is 0.430. The fraction of sp³-hybridized carbons (Fsp3) is 0.647. The van der Waals surface area contributed by atoms with Crippen molar-refractivity contribution in [3.8, 4) is 0 Å². The predicted molar refractivity (Wildman–Crippen MR) is 81.9 cm³/mol. The Morgan fingerprint density at radius 1 is 1.05 bits per heavy atom. The molecule has 1 saturated carbocycles. The Labute approximate surface area is 117 Å². The molecule has 1 aromatic rings. The van der Waals surface area contributed by atoms with Crippen molar-refractivity contribution in [3.05, 3.63) is 34.9 Å². The molecule has 1 atom stereocenters. The summed E-state index contributed by atoms with van der Waals surface area (Å²) in [4.78, 5) is 0. The molecule has 0 heterocycles. The molecule has 2 rings (SSSR count). The standard InChI is InChI=1S/C17H28N2/c1-13-9-14(2)11-15(10-13)12-17(19-18)16-7-5-3-4-6-8-16/h9-11,16-17,19H,3-8,12,18H2,1-2H3. The van der Waals surface area contributed by atoms with E-state index in [1.165, 1.54) is 55.2 Å². The molecule has 0 bridgehead atoms. The highest BCUT2D eigenvalue weighted by Crippen LogP contribution is 2.27. The molecule has 0 radical (unpaired) electrons. The first-order chi connectivity index (χ1) is 9.19. The molecule has 2 heteroatoms. The van der Waals surface area contributed by atoms with Crippen molar-refractivity contribution in [1.82, 2.24) is 5.43 Å². The van der Waals surface area contributed by atoms with E-state index in [1.54, 1.807) is 0 Å². The summed E-state index contributed by atoms with van der Waals surface area (Å²) in [5.74, 6) is 6.57. The highest BCUT2D eigenvalue weighted by atomic mass is 15.2. The maximum Gasteiger partial charge on any atom is 0.0279 e. The van der Waals surface area contributed by atoms with E-state index in [0.717, 1.165) is 12.3 Å².